The Bertz CT molecular complexity index is 2940. The molecule has 3 aromatic heterocycles. The minimum absolute atomic E-state index is 0.549. The quantitative estimate of drug-likeness (QED) is 0.165. The van der Waals surface area contributed by atoms with Crippen LogP contribution in [-0.4, -0.2) is 14.5 Å². The Kier molecular flexibility index (Phi) is 8.20. The van der Waals surface area contributed by atoms with E-state index in [4.69, 9.17) is 14.4 Å². The lowest BCUT2D eigenvalue weighted by atomic mass is 9.91. The molecule has 0 fully saturated rings. The van der Waals surface area contributed by atoms with Crippen LogP contribution in [0, 0.1) is 22.7 Å². The van der Waals surface area contributed by atoms with Gasteiger partial charge in [-0.1, -0.05) is 110 Å². The molecule has 0 bridgehead atoms. The molecule has 0 spiro atoms. The van der Waals surface area contributed by atoms with E-state index in [0.29, 0.717) is 39.5 Å². The standard InChI is InChI=1S/C49H31N5O/c1-3-14-37-44(4-2)55-48-45(52-49(53-46(37)48)35-19-12-7-13-20-35)36-27-38(33-15-8-5-9-16-33)47(39(28-36)34-17-10-6-11-18-34)54-42-23-21-31(29-50)25-40(42)41-26-32(30-51)22-24-43(41)54/h3-28H,2H2,1H3/b14-3-. The molecule has 0 unspecified atom stereocenters. The molecule has 0 N–H and O–H groups in total. The Labute approximate surface area is 317 Å². The number of aromatic nitrogens is 3. The number of rotatable bonds is 7. The predicted molar refractivity (Wildman–Crippen MR) is 222 cm³/mol. The van der Waals surface area contributed by atoms with Crippen molar-refractivity contribution < 1.29 is 4.42 Å². The third-order valence-electron chi connectivity index (χ3n) is 9.95. The van der Waals surface area contributed by atoms with Gasteiger partial charge in [0, 0.05) is 38.6 Å². The fraction of sp³-hybridized carbons (Fsp3) is 0.0204. The van der Waals surface area contributed by atoms with Crippen LogP contribution < -0.4 is 0 Å². The molecule has 3 heterocycles. The zero-order valence-corrected chi connectivity index (χ0v) is 29.9. The molecule has 0 saturated carbocycles. The number of nitrogens with zero attached hydrogens (tertiary/aromatic N) is 5. The summed E-state index contributed by atoms with van der Waals surface area (Å²) in [6.07, 6.45) is 5.69. The van der Waals surface area contributed by atoms with E-state index in [1.807, 2.05) is 122 Å². The van der Waals surface area contributed by atoms with Crippen molar-refractivity contribution >= 4 is 45.1 Å². The van der Waals surface area contributed by atoms with E-state index >= 15 is 0 Å². The average molecular weight is 706 g/mol. The second kappa shape index (κ2) is 13.6. The molecule has 0 saturated heterocycles. The summed E-state index contributed by atoms with van der Waals surface area (Å²) in [5, 5.41) is 21.6. The van der Waals surface area contributed by atoms with Gasteiger partial charge < -0.3 is 8.98 Å². The van der Waals surface area contributed by atoms with Crippen molar-refractivity contribution in [3.63, 3.8) is 0 Å². The molecule has 0 aliphatic rings. The summed E-state index contributed by atoms with van der Waals surface area (Å²) in [5.74, 6) is 1.21. The van der Waals surface area contributed by atoms with Crippen LogP contribution in [0.4, 0.5) is 0 Å². The highest BCUT2D eigenvalue weighted by molar-refractivity contribution is 6.12. The number of hydrogen-bond donors (Lipinski definition) is 0. The van der Waals surface area contributed by atoms with Crippen LogP contribution in [0.2, 0.25) is 0 Å². The number of allylic oxidation sites excluding steroid dienone is 1. The van der Waals surface area contributed by atoms with Crippen molar-refractivity contribution in [1.82, 2.24) is 14.5 Å². The van der Waals surface area contributed by atoms with Gasteiger partial charge >= 0.3 is 0 Å². The van der Waals surface area contributed by atoms with Crippen LogP contribution in [0.3, 0.4) is 0 Å². The maximum Gasteiger partial charge on any atom is 0.180 e. The van der Waals surface area contributed by atoms with Gasteiger partial charge in [0.05, 0.1) is 40.0 Å². The second-order valence-electron chi connectivity index (χ2n) is 13.2. The van der Waals surface area contributed by atoms with E-state index in [1.54, 1.807) is 6.08 Å². The summed E-state index contributed by atoms with van der Waals surface area (Å²) in [7, 11) is 0. The molecule has 55 heavy (non-hydrogen) atoms. The Morgan fingerprint density at radius 1 is 0.636 bits per heavy atom. The lowest BCUT2D eigenvalue weighted by Gasteiger charge is -2.21. The Hall–Kier alpha value is -7.80. The highest BCUT2D eigenvalue weighted by Crippen LogP contribution is 2.45. The summed E-state index contributed by atoms with van der Waals surface area (Å²) < 4.78 is 8.84. The van der Waals surface area contributed by atoms with E-state index in [0.717, 1.165) is 66.4 Å². The molecule has 9 rings (SSSR count). The van der Waals surface area contributed by atoms with Crippen LogP contribution >= 0.6 is 0 Å². The molecule has 0 aliphatic carbocycles. The van der Waals surface area contributed by atoms with Crippen LogP contribution in [0.5, 0.6) is 0 Å². The van der Waals surface area contributed by atoms with Crippen molar-refractivity contribution in [2.75, 3.05) is 0 Å². The van der Waals surface area contributed by atoms with Crippen molar-refractivity contribution in [2.24, 2.45) is 0 Å². The predicted octanol–water partition coefficient (Wildman–Crippen LogP) is 12.4. The Balaban J connectivity index is 1.46. The molecule has 0 amide bonds. The first-order chi connectivity index (χ1) is 27.1. The van der Waals surface area contributed by atoms with Crippen molar-refractivity contribution in [3.05, 3.63) is 175 Å². The van der Waals surface area contributed by atoms with Gasteiger partial charge in [-0.25, -0.2) is 9.97 Å². The largest absolute Gasteiger partial charge is 0.452 e. The molecule has 6 aromatic carbocycles. The van der Waals surface area contributed by atoms with Crippen LogP contribution in [0.1, 0.15) is 29.4 Å². The van der Waals surface area contributed by atoms with Gasteiger partial charge in [-0.2, -0.15) is 10.5 Å². The van der Waals surface area contributed by atoms with E-state index < -0.39 is 0 Å². The lowest BCUT2D eigenvalue weighted by Crippen LogP contribution is -2.02. The third-order valence-corrected chi connectivity index (χ3v) is 9.95. The minimum Gasteiger partial charge on any atom is -0.452 e. The summed E-state index contributed by atoms with van der Waals surface area (Å²) in [6.45, 7) is 6.03. The second-order valence-corrected chi connectivity index (χ2v) is 13.2. The maximum absolute atomic E-state index is 9.91. The summed E-state index contributed by atoms with van der Waals surface area (Å²) in [4.78, 5) is 10.3. The number of furan rings is 1. The van der Waals surface area contributed by atoms with Crippen LogP contribution in [-0.2, 0) is 0 Å². The molecule has 258 valence electrons. The van der Waals surface area contributed by atoms with Crippen LogP contribution in [0.15, 0.2) is 157 Å². The van der Waals surface area contributed by atoms with E-state index in [2.05, 4.69) is 59.7 Å². The Morgan fingerprint density at radius 3 is 1.65 bits per heavy atom. The van der Waals surface area contributed by atoms with Gasteiger partial charge in [0.25, 0.3) is 0 Å². The highest BCUT2D eigenvalue weighted by Gasteiger charge is 2.25. The number of benzene rings is 6. The molecule has 6 nitrogen and oxygen atoms in total. The topological polar surface area (TPSA) is 91.4 Å². The molecule has 9 aromatic rings. The van der Waals surface area contributed by atoms with Gasteiger partial charge in [-0.3, -0.25) is 0 Å². The summed E-state index contributed by atoms with van der Waals surface area (Å²) in [5.41, 5.74) is 12.3. The first kappa shape index (κ1) is 33.1. The zero-order valence-electron chi connectivity index (χ0n) is 29.9. The van der Waals surface area contributed by atoms with Gasteiger partial charge in [-0.15, -0.1) is 0 Å². The van der Waals surface area contributed by atoms with Gasteiger partial charge in [0.2, 0.25) is 0 Å². The average Bonchev–Trinajstić information content (AvgIpc) is 3.77. The molecule has 6 heteroatoms. The molecular weight excluding hydrogens is 675 g/mol. The maximum atomic E-state index is 9.91. The monoisotopic (exact) mass is 705 g/mol. The van der Waals surface area contributed by atoms with Crippen LogP contribution in [0.25, 0.3) is 95.6 Å². The van der Waals surface area contributed by atoms with Crippen molar-refractivity contribution in [1.29, 1.82) is 10.5 Å². The van der Waals surface area contributed by atoms with E-state index in [1.165, 1.54) is 0 Å². The minimum atomic E-state index is 0.549. The zero-order chi connectivity index (χ0) is 37.5. The van der Waals surface area contributed by atoms with Crippen molar-refractivity contribution in [3.8, 4) is 62.7 Å². The molecule has 0 aliphatic heterocycles. The summed E-state index contributed by atoms with van der Waals surface area (Å²) in [6, 6.07) is 51.1. The van der Waals surface area contributed by atoms with E-state index in [-0.39, 0.29) is 0 Å². The van der Waals surface area contributed by atoms with Gasteiger partial charge in [-0.05, 0) is 72.7 Å². The number of nitriles is 2. The van der Waals surface area contributed by atoms with Gasteiger partial charge in [0.15, 0.2) is 11.4 Å². The third kappa shape index (κ3) is 5.58. The molecule has 0 atom stereocenters. The summed E-state index contributed by atoms with van der Waals surface area (Å²) >= 11 is 0. The first-order valence-electron chi connectivity index (χ1n) is 17.9. The first-order valence-corrected chi connectivity index (χ1v) is 17.9. The number of fused-ring (bicyclic) bond motifs is 4. The SMILES string of the molecule is C=Cc1oc2c(-c3cc(-c4ccccc4)c(-n4c5ccc(C#N)cc5c5cc(C#N)ccc54)c(-c4ccccc4)c3)nc(-c3ccccc3)nc2c1/C=C\C. The fourth-order valence-corrected chi connectivity index (χ4v) is 7.49. The lowest BCUT2D eigenvalue weighted by molar-refractivity contribution is 0.603. The Morgan fingerprint density at radius 2 is 1.16 bits per heavy atom. The molecule has 0 radical (unpaired) electrons. The highest BCUT2D eigenvalue weighted by atomic mass is 16.3. The van der Waals surface area contributed by atoms with E-state index in [9.17, 15) is 10.5 Å². The molecular formula is C49H31N5O. The smallest absolute Gasteiger partial charge is 0.180 e. The normalized spacial score (nSPS) is 11.3. The van der Waals surface area contributed by atoms with Crippen molar-refractivity contribution in [2.45, 2.75) is 6.92 Å². The number of hydrogen-bond acceptors (Lipinski definition) is 5. The fourth-order valence-electron chi connectivity index (χ4n) is 7.49. The van der Waals surface area contributed by atoms with Gasteiger partial charge in [0.1, 0.15) is 17.0 Å².